The molecule has 25 heavy (non-hydrogen) atoms. The van der Waals surface area contributed by atoms with Crippen LogP contribution in [0.25, 0.3) is 11.5 Å². The van der Waals surface area contributed by atoms with Gasteiger partial charge in [-0.05, 0) is 43.9 Å². The van der Waals surface area contributed by atoms with Crippen LogP contribution in [0, 0.1) is 0 Å². The number of hydrogen-bond donors (Lipinski definition) is 1. The van der Waals surface area contributed by atoms with Gasteiger partial charge in [-0.3, -0.25) is 0 Å². The Morgan fingerprint density at radius 2 is 2.12 bits per heavy atom. The van der Waals surface area contributed by atoms with Crippen molar-refractivity contribution in [2.45, 2.75) is 46.1 Å². The molecule has 1 aliphatic rings. The van der Waals surface area contributed by atoms with E-state index in [1.165, 1.54) is 12.8 Å². The van der Waals surface area contributed by atoms with Crippen LogP contribution in [0.5, 0.6) is 0 Å². The van der Waals surface area contributed by atoms with Crippen LogP contribution in [0.4, 0.5) is 0 Å². The monoisotopic (exact) mass is 341 g/mol. The highest BCUT2D eigenvalue weighted by molar-refractivity contribution is 5.80. The van der Waals surface area contributed by atoms with Crippen molar-refractivity contribution in [3.05, 3.63) is 35.7 Å². The van der Waals surface area contributed by atoms with Crippen molar-refractivity contribution in [2.24, 2.45) is 4.99 Å². The molecular weight excluding hydrogens is 314 g/mol. The SMILES string of the molecule is CCCc1noc(-c2cccc(CN=C(NCC)N3CCCC3)c2)n1. The van der Waals surface area contributed by atoms with E-state index in [0.29, 0.717) is 12.4 Å². The molecule has 0 radical (unpaired) electrons. The van der Waals surface area contributed by atoms with E-state index in [4.69, 9.17) is 9.52 Å². The predicted molar refractivity (Wildman–Crippen MR) is 99.4 cm³/mol. The standard InChI is InChI=1S/C19H27N5O/c1-3-8-17-22-18(25-23-17)16-10-7-9-15(13-16)14-21-19(20-4-2)24-11-5-6-12-24/h7,9-10,13H,3-6,8,11-12,14H2,1-2H3,(H,20,21). The number of hydrogen-bond acceptors (Lipinski definition) is 4. The van der Waals surface area contributed by atoms with Crippen molar-refractivity contribution < 1.29 is 4.52 Å². The third-order valence-corrected chi connectivity index (χ3v) is 4.27. The zero-order chi connectivity index (χ0) is 17.5. The summed E-state index contributed by atoms with van der Waals surface area (Å²) in [5.74, 6) is 2.36. The first kappa shape index (κ1) is 17.5. The van der Waals surface area contributed by atoms with Crippen LogP contribution in [0.1, 0.15) is 44.5 Å². The van der Waals surface area contributed by atoms with Crippen LogP contribution in [-0.4, -0.2) is 40.6 Å². The molecule has 1 saturated heterocycles. The average molecular weight is 341 g/mol. The summed E-state index contributed by atoms with van der Waals surface area (Å²) in [4.78, 5) is 11.6. The summed E-state index contributed by atoms with van der Waals surface area (Å²) in [6, 6.07) is 8.19. The number of aromatic nitrogens is 2. The molecule has 3 rings (SSSR count). The van der Waals surface area contributed by atoms with Crippen LogP contribution in [0.15, 0.2) is 33.8 Å². The third-order valence-electron chi connectivity index (χ3n) is 4.27. The number of aryl methyl sites for hydroxylation is 1. The van der Waals surface area contributed by atoms with Gasteiger partial charge in [-0.15, -0.1) is 0 Å². The molecule has 0 spiro atoms. The van der Waals surface area contributed by atoms with Gasteiger partial charge >= 0.3 is 0 Å². The Balaban J connectivity index is 1.72. The predicted octanol–water partition coefficient (Wildman–Crippen LogP) is 3.25. The summed E-state index contributed by atoms with van der Waals surface area (Å²) in [5.41, 5.74) is 2.09. The Morgan fingerprint density at radius 1 is 1.28 bits per heavy atom. The van der Waals surface area contributed by atoms with Crippen LogP contribution in [0.2, 0.25) is 0 Å². The minimum absolute atomic E-state index is 0.584. The number of likely N-dealkylation sites (tertiary alicyclic amines) is 1. The molecule has 1 aromatic heterocycles. The number of rotatable bonds is 6. The Kier molecular flexibility index (Phi) is 6.04. The quantitative estimate of drug-likeness (QED) is 0.645. The summed E-state index contributed by atoms with van der Waals surface area (Å²) in [5, 5.41) is 7.43. The van der Waals surface area contributed by atoms with Crippen molar-refractivity contribution in [1.82, 2.24) is 20.4 Å². The Morgan fingerprint density at radius 3 is 2.88 bits per heavy atom. The first-order valence-corrected chi connectivity index (χ1v) is 9.25. The van der Waals surface area contributed by atoms with Gasteiger partial charge in [0.05, 0.1) is 6.54 Å². The maximum atomic E-state index is 5.39. The van der Waals surface area contributed by atoms with Crippen molar-refractivity contribution in [3.8, 4) is 11.5 Å². The summed E-state index contributed by atoms with van der Waals surface area (Å²) < 4.78 is 5.39. The molecular formula is C19H27N5O. The lowest BCUT2D eigenvalue weighted by Gasteiger charge is -2.20. The van der Waals surface area contributed by atoms with Gasteiger partial charge in [-0.2, -0.15) is 4.98 Å². The van der Waals surface area contributed by atoms with Gasteiger partial charge in [-0.25, -0.2) is 4.99 Å². The third kappa shape index (κ3) is 4.59. The minimum Gasteiger partial charge on any atom is -0.357 e. The van der Waals surface area contributed by atoms with Crippen molar-refractivity contribution in [1.29, 1.82) is 0 Å². The summed E-state index contributed by atoms with van der Waals surface area (Å²) in [6.07, 6.45) is 4.35. The van der Waals surface area contributed by atoms with E-state index in [9.17, 15) is 0 Å². The number of nitrogens with zero attached hydrogens (tertiary/aromatic N) is 4. The smallest absolute Gasteiger partial charge is 0.257 e. The van der Waals surface area contributed by atoms with E-state index < -0.39 is 0 Å². The zero-order valence-electron chi connectivity index (χ0n) is 15.2. The molecule has 0 unspecified atom stereocenters. The van der Waals surface area contributed by atoms with Gasteiger partial charge in [0.15, 0.2) is 11.8 Å². The fourth-order valence-electron chi connectivity index (χ4n) is 3.02. The molecule has 1 aromatic carbocycles. The van der Waals surface area contributed by atoms with Gasteiger partial charge in [0.25, 0.3) is 5.89 Å². The fourth-order valence-corrected chi connectivity index (χ4v) is 3.02. The van der Waals surface area contributed by atoms with Gasteiger partial charge in [0.2, 0.25) is 0 Å². The van der Waals surface area contributed by atoms with Crippen molar-refractivity contribution in [2.75, 3.05) is 19.6 Å². The van der Waals surface area contributed by atoms with Crippen LogP contribution < -0.4 is 5.32 Å². The van der Waals surface area contributed by atoms with E-state index in [1.807, 2.05) is 12.1 Å². The molecule has 1 N–H and O–H groups in total. The lowest BCUT2D eigenvalue weighted by atomic mass is 10.1. The van der Waals surface area contributed by atoms with Crippen LogP contribution in [0.3, 0.4) is 0 Å². The van der Waals surface area contributed by atoms with Crippen molar-refractivity contribution >= 4 is 5.96 Å². The first-order chi connectivity index (χ1) is 12.3. The second-order valence-electron chi connectivity index (χ2n) is 6.33. The highest BCUT2D eigenvalue weighted by Gasteiger charge is 2.15. The number of benzene rings is 1. The van der Waals surface area contributed by atoms with E-state index in [2.05, 4.69) is 46.3 Å². The van der Waals surface area contributed by atoms with Gasteiger partial charge in [0, 0.05) is 31.6 Å². The molecule has 1 fully saturated rings. The molecule has 0 bridgehead atoms. The topological polar surface area (TPSA) is 66.6 Å². The molecule has 6 nitrogen and oxygen atoms in total. The molecule has 2 aromatic rings. The summed E-state index contributed by atoms with van der Waals surface area (Å²) in [6.45, 7) is 7.93. The van der Waals surface area contributed by atoms with Gasteiger partial charge in [0.1, 0.15) is 0 Å². The minimum atomic E-state index is 0.584. The molecule has 1 aliphatic heterocycles. The van der Waals surface area contributed by atoms with E-state index in [-0.39, 0.29) is 0 Å². The molecule has 0 atom stereocenters. The maximum Gasteiger partial charge on any atom is 0.257 e. The first-order valence-electron chi connectivity index (χ1n) is 9.25. The fraction of sp³-hybridized carbons (Fsp3) is 0.526. The molecule has 0 saturated carbocycles. The molecule has 2 heterocycles. The van der Waals surface area contributed by atoms with Crippen LogP contribution >= 0.6 is 0 Å². The number of nitrogens with one attached hydrogen (secondary N) is 1. The Labute approximate surface area is 149 Å². The normalized spacial score (nSPS) is 15.0. The molecule has 6 heteroatoms. The highest BCUT2D eigenvalue weighted by Crippen LogP contribution is 2.19. The number of guanidine groups is 1. The lowest BCUT2D eigenvalue weighted by Crippen LogP contribution is -2.39. The molecule has 134 valence electrons. The summed E-state index contributed by atoms with van der Waals surface area (Å²) in [7, 11) is 0. The van der Waals surface area contributed by atoms with Crippen molar-refractivity contribution in [3.63, 3.8) is 0 Å². The maximum absolute atomic E-state index is 5.39. The molecule has 0 aliphatic carbocycles. The second kappa shape index (κ2) is 8.65. The Bertz CT molecular complexity index is 703. The zero-order valence-corrected chi connectivity index (χ0v) is 15.2. The molecule has 0 amide bonds. The van der Waals surface area contributed by atoms with E-state index in [0.717, 1.165) is 55.4 Å². The average Bonchev–Trinajstić information content (AvgIpc) is 3.31. The van der Waals surface area contributed by atoms with E-state index >= 15 is 0 Å². The Hall–Kier alpha value is -2.37. The highest BCUT2D eigenvalue weighted by atomic mass is 16.5. The summed E-state index contributed by atoms with van der Waals surface area (Å²) >= 11 is 0. The second-order valence-corrected chi connectivity index (χ2v) is 6.33. The lowest BCUT2D eigenvalue weighted by molar-refractivity contribution is 0.422. The van der Waals surface area contributed by atoms with Gasteiger partial charge < -0.3 is 14.7 Å². The number of aliphatic imine (C=N–C) groups is 1. The largest absolute Gasteiger partial charge is 0.357 e. The van der Waals surface area contributed by atoms with Gasteiger partial charge in [-0.1, -0.05) is 24.2 Å². The van der Waals surface area contributed by atoms with E-state index in [1.54, 1.807) is 0 Å². The van der Waals surface area contributed by atoms with Crippen LogP contribution in [-0.2, 0) is 13.0 Å².